The van der Waals surface area contributed by atoms with Gasteiger partial charge in [0.2, 0.25) is 0 Å². The average Bonchev–Trinajstić information content (AvgIpc) is 2.67. The van der Waals surface area contributed by atoms with Crippen molar-refractivity contribution in [3.05, 3.63) is 41.0 Å². The third-order valence-electron chi connectivity index (χ3n) is 2.37. The molecule has 0 spiro atoms. The van der Waals surface area contributed by atoms with Gasteiger partial charge in [-0.2, -0.15) is 0 Å². The van der Waals surface area contributed by atoms with Gasteiger partial charge in [-0.25, -0.2) is 0 Å². The molecule has 0 unspecified atom stereocenters. The van der Waals surface area contributed by atoms with Gasteiger partial charge in [0.1, 0.15) is 6.29 Å². The van der Waals surface area contributed by atoms with Gasteiger partial charge in [0.15, 0.2) is 0 Å². The van der Waals surface area contributed by atoms with Gasteiger partial charge in [-0.1, -0.05) is 29.8 Å². The lowest BCUT2D eigenvalue weighted by Crippen LogP contribution is -1.84. The molecule has 72 valence electrons. The normalized spacial score (nSPS) is 16.1. The maximum absolute atomic E-state index is 10.8. The number of aldehydes is 1. The Kier molecular flexibility index (Phi) is 2.73. The molecule has 1 aromatic rings. The Morgan fingerprint density at radius 3 is 2.64 bits per heavy atom. The van der Waals surface area contributed by atoms with Crippen LogP contribution in [0.15, 0.2) is 29.8 Å². The number of carbonyl (C=O) groups excluding carboxylic acids is 1. The summed E-state index contributed by atoms with van der Waals surface area (Å²) in [4.78, 5) is 12.0. The summed E-state index contributed by atoms with van der Waals surface area (Å²) in [5.41, 5.74) is 3.39. The summed E-state index contributed by atoms with van der Waals surface area (Å²) in [6.45, 7) is 2.07. The number of hydrogen-bond acceptors (Lipinski definition) is 2. The van der Waals surface area contributed by atoms with Crippen molar-refractivity contribution in [1.82, 2.24) is 0 Å². The van der Waals surface area contributed by atoms with Crippen molar-refractivity contribution in [2.24, 2.45) is 0 Å². The molecule has 0 saturated heterocycles. The lowest BCUT2D eigenvalue weighted by Gasteiger charge is -2.02. The van der Waals surface area contributed by atoms with Crippen LogP contribution < -0.4 is 0 Å². The highest BCUT2D eigenvalue weighted by atomic mass is 32.2. The van der Waals surface area contributed by atoms with Crippen LogP contribution in [0.5, 0.6) is 0 Å². The van der Waals surface area contributed by atoms with E-state index in [9.17, 15) is 4.79 Å². The number of thioether (sulfide) groups is 1. The Bertz CT molecular complexity index is 376. The van der Waals surface area contributed by atoms with Crippen molar-refractivity contribution in [1.29, 1.82) is 0 Å². The molecule has 0 fully saturated rings. The van der Waals surface area contributed by atoms with Crippen LogP contribution in [0.2, 0.25) is 0 Å². The van der Waals surface area contributed by atoms with E-state index in [1.54, 1.807) is 11.8 Å². The second kappa shape index (κ2) is 4.01. The van der Waals surface area contributed by atoms with Crippen LogP contribution in [-0.2, 0) is 4.79 Å². The number of aryl methyl sites for hydroxylation is 1. The Hall–Kier alpha value is -1.02. The van der Waals surface area contributed by atoms with Gasteiger partial charge in [-0.15, -0.1) is 11.8 Å². The van der Waals surface area contributed by atoms with Crippen molar-refractivity contribution in [2.75, 3.05) is 5.75 Å². The molecule has 0 radical (unpaired) electrons. The van der Waals surface area contributed by atoms with Crippen LogP contribution in [0.3, 0.4) is 0 Å². The van der Waals surface area contributed by atoms with E-state index in [1.165, 1.54) is 16.0 Å². The number of benzene rings is 1. The lowest BCUT2D eigenvalue weighted by molar-refractivity contribution is -0.104. The predicted octanol–water partition coefficient (Wildman–Crippen LogP) is 3.04. The van der Waals surface area contributed by atoms with Crippen molar-refractivity contribution in [3.63, 3.8) is 0 Å². The Balaban J connectivity index is 2.39. The van der Waals surface area contributed by atoms with E-state index in [-0.39, 0.29) is 0 Å². The molecule has 14 heavy (non-hydrogen) atoms. The van der Waals surface area contributed by atoms with Crippen molar-refractivity contribution < 1.29 is 4.79 Å². The largest absolute Gasteiger partial charge is 0.298 e. The van der Waals surface area contributed by atoms with Gasteiger partial charge >= 0.3 is 0 Å². The molecule has 0 saturated carbocycles. The summed E-state index contributed by atoms with van der Waals surface area (Å²) in [7, 11) is 0. The molecule has 0 bridgehead atoms. The first-order valence-corrected chi connectivity index (χ1v) is 5.68. The first-order chi connectivity index (χ1) is 6.81. The second-order valence-electron chi connectivity index (χ2n) is 3.44. The van der Waals surface area contributed by atoms with Crippen LogP contribution in [0.1, 0.15) is 17.5 Å². The van der Waals surface area contributed by atoms with Gasteiger partial charge in [-0.3, -0.25) is 4.79 Å². The zero-order valence-corrected chi connectivity index (χ0v) is 8.93. The highest BCUT2D eigenvalue weighted by Gasteiger charge is 2.15. The van der Waals surface area contributed by atoms with E-state index < -0.39 is 0 Å². The number of hydrogen-bond donors (Lipinski definition) is 0. The lowest BCUT2D eigenvalue weighted by atomic mass is 10.1. The molecule has 1 nitrogen and oxygen atoms in total. The SMILES string of the molecule is Cc1ccc(C2=C(C=O)CCS2)cc1. The van der Waals surface area contributed by atoms with Crippen molar-refractivity contribution >= 4 is 23.0 Å². The monoisotopic (exact) mass is 204 g/mol. The molecule has 1 heterocycles. The van der Waals surface area contributed by atoms with Gasteiger partial charge in [-0.05, 0) is 18.9 Å². The predicted molar refractivity (Wildman–Crippen MR) is 61.2 cm³/mol. The molecule has 0 atom stereocenters. The quantitative estimate of drug-likeness (QED) is 0.689. The minimum absolute atomic E-state index is 0.914. The molecule has 1 aliphatic rings. The highest BCUT2D eigenvalue weighted by Crippen LogP contribution is 2.38. The van der Waals surface area contributed by atoms with Crippen LogP contribution in [-0.4, -0.2) is 12.0 Å². The third-order valence-corrected chi connectivity index (χ3v) is 3.56. The van der Waals surface area contributed by atoms with E-state index >= 15 is 0 Å². The Morgan fingerprint density at radius 2 is 2.00 bits per heavy atom. The third kappa shape index (κ3) is 1.75. The van der Waals surface area contributed by atoms with E-state index in [0.29, 0.717) is 0 Å². The zero-order chi connectivity index (χ0) is 9.97. The first-order valence-electron chi connectivity index (χ1n) is 4.69. The summed E-state index contributed by atoms with van der Waals surface area (Å²) < 4.78 is 0. The average molecular weight is 204 g/mol. The first kappa shape index (κ1) is 9.53. The fourth-order valence-electron chi connectivity index (χ4n) is 1.56. The fraction of sp³-hybridized carbons (Fsp3) is 0.250. The molecule has 0 amide bonds. The maximum atomic E-state index is 10.8. The van der Waals surface area contributed by atoms with E-state index in [1.807, 2.05) is 0 Å². The minimum atomic E-state index is 0.914. The van der Waals surface area contributed by atoms with Crippen LogP contribution in [0.4, 0.5) is 0 Å². The summed E-state index contributed by atoms with van der Waals surface area (Å²) in [5, 5.41) is 0. The zero-order valence-electron chi connectivity index (χ0n) is 8.12. The second-order valence-corrected chi connectivity index (χ2v) is 4.54. The van der Waals surface area contributed by atoms with Crippen LogP contribution in [0, 0.1) is 6.92 Å². The van der Waals surface area contributed by atoms with Gasteiger partial charge in [0, 0.05) is 16.2 Å². The number of carbonyl (C=O) groups is 1. The standard InChI is InChI=1S/C12H12OS/c1-9-2-4-10(5-3-9)12-11(8-13)6-7-14-12/h2-5,8H,6-7H2,1H3. The highest BCUT2D eigenvalue weighted by molar-refractivity contribution is 8.08. The van der Waals surface area contributed by atoms with Crippen LogP contribution in [0.25, 0.3) is 4.91 Å². The molecule has 1 aliphatic heterocycles. The molecule has 2 heteroatoms. The van der Waals surface area contributed by atoms with Gasteiger partial charge in [0.05, 0.1) is 0 Å². The van der Waals surface area contributed by atoms with Gasteiger partial charge in [0.25, 0.3) is 0 Å². The molecule has 0 aliphatic carbocycles. The Morgan fingerprint density at radius 1 is 1.29 bits per heavy atom. The van der Waals surface area contributed by atoms with Crippen molar-refractivity contribution in [2.45, 2.75) is 13.3 Å². The minimum Gasteiger partial charge on any atom is -0.298 e. The topological polar surface area (TPSA) is 17.1 Å². The maximum Gasteiger partial charge on any atom is 0.147 e. The molecular weight excluding hydrogens is 192 g/mol. The Labute approximate surface area is 88.2 Å². The smallest absolute Gasteiger partial charge is 0.147 e. The summed E-state index contributed by atoms with van der Waals surface area (Å²) in [6.07, 6.45) is 1.91. The van der Waals surface area contributed by atoms with Crippen LogP contribution >= 0.6 is 11.8 Å². The van der Waals surface area contributed by atoms with E-state index in [2.05, 4.69) is 31.2 Å². The summed E-state index contributed by atoms with van der Waals surface area (Å²) >= 11 is 1.78. The van der Waals surface area contributed by atoms with Crippen molar-refractivity contribution in [3.8, 4) is 0 Å². The molecular formula is C12H12OS. The molecule has 1 aromatic carbocycles. The molecule has 2 rings (SSSR count). The summed E-state index contributed by atoms with van der Waals surface area (Å²) in [6, 6.07) is 8.35. The summed E-state index contributed by atoms with van der Waals surface area (Å²) in [5.74, 6) is 1.04. The number of allylic oxidation sites excluding steroid dienone is 1. The van der Waals surface area contributed by atoms with E-state index in [0.717, 1.165) is 24.0 Å². The molecule has 0 N–H and O–H groups in total. The van der Waals surface area contributed by atoms with E-state index in [4.69, 9.17) is 0 Å². The van der Waals surface area contributed by atoms with Gasteiger partial charge < -0.3 is 0 Å². The molecule has 0 aromatic heterocycles. The fourth-order valence-corrected chi connectivity index (χ4v) is 2.72. The number of rotatable bonds is 2.